The first-order valence-corrected chi connectivity index (χ1v) is 11.1. The maximum absolute atomic E-state index is 13.0. The van der Waals surface area contributed by atoms with E-state index in [0.29, 0.717) is 21.2 Å². The molecule has 0 N–H and O–H groups in total. The molecule has 21 heavy (non-hydrogen) atoms. The first-order chi connectivity index (χ1) is 9.87. The molecule has 1 fully saturated rings. The largest absolute Gasteiger partial charge is 0.244 e. The van der Waals surface area contributed by atoms with Gasteiger partial charge in [-0.15, -0.1) is 0 Å². The van der Waals surface area contributed by atoms with Crippen molar-refractivity contribution in [2.24, 2.45) is 0 Å². The summed E-state index contributed by atoms with van der Waals surface area (Å²) in [5.74, 6) is 0. The van der Waals surface area contributed by atoms with Gasteiger partial charge in [-0.1, -0.05) is 44.7 Å². The van der Waals surface area contributed by atoms with Crippen molar-refractivity contribution in [1.29, 1.82) is 0 Å². The molecule has 0 saturated heterocycles. The number of hydrogen-bond donors (Lipinski definition) is 0. The Bertz CT molecular complexity index is 613. The summed E-state index contributed by atoms with van der Waals surface area (Å²) >= 11 is 10.2. The van der Waals surface area contributed by atoms with Crippen LogP contribution in [0.1, 0.15) is 31.2 Å². The molecule has 3 nitrogen and oxygen atoms in total. The fraction of sp³-hybridized carbons (Fsp3) is 0.571. The van der Waals surface area contributed by atoms with Crippen LogP contribution in [0.4, 0.5) is 0 Å². The molecule has 0 aromatic heterocycles. The van der Waals surface area contributed by atoms with Crippen LogP contribution in [0.15, 0.2) is 26.0 Å². The molecule has 0 amide bonds. The minimum atomic E-state index is -3.49. The van der Waals surface area contributed by atoms with Gasteiger partial charge in [0.1, 0.15) is 0 Å². The van der Waals surface area contributed by atoms with Crippen LogP contribution in [0, 0.1) is 6.92 Å². The van der Waals surface area contributed by atoms with E-state index in [9.17, 15) is 8.42 Å². The zero-order chi connectivity index (χ0) is 15.6. The van der Waals surface area contributed by atoms with Gasteiger partial charge in [0.15, 0.2) is 0 Å². The van der Waals surface area contributed by atoms with Crippen LogP contribution in [0.2, 0.25) is 0 Å². The molecule has 0 bridgehead atoms. The lowest BCUT2D eigenvalue weighted by molar-refractivity contribution is 0.338. The summed E-state index contributed by atoms with van der Waals surface area (Å²) in [5.41, 5.74) is 1.01. The van der Waals surface area contributed by atoms with E-state index in [0.717, 1.165) is 35.7 Å². The van der Waals surface area contributed by atoms with Crippen molar-refractivity contribution in [1.82, 2.24) is 4.31 Å². The van der Waals surface area contributed by atoms with Crippen molar-refractivity contribution >= 4 is 57.8 Å². The Labute approximate surface area is 151 Å². The first kappa shape index (κ1) is 17.9. The SMILES string of the molecule is Cc1cc(Br)c(S(=O)(=O)N(CCBr)C2CCCC2)cc1Br. The third kappa shape index (κ3) is 3.91. The molecule has 1 aliphatic rings. The molecule has 1 aliphatic carbocycles. The summed E-state index contributed by atoms with van der Waals surface area (Å²) in [7, 11) is -3.49. The Hall–Kier alpha value is 0.570. The minimum absolute atomic E-state index is 0.125. The molecule has 0 heterocycles. The van der Waals surface area contributed by atoms with Crippen LogP contribution in [-0.2, 0) is 10.0 Å². The predicted octanol–water partition coefficient (Wildman–Crippen LogP) is 4.85. The highest BCUT2D eigenvalue weighted by Gasteiger charge is 2.34. The Balaban J connectivity index is 2.45. The van der Waals surface area contributed by atoms with Crippen molar-refractivity contribution in [3.63, 3.8) is 0 Å². The van der Waals surface area contributed by atoms with Gasteiger partial charge in [-0.25, -0.2) is 8.42 Å². The number of benzene rings is 1. The van der Waals surface area contributed by atoms with Crippen molar-refractivity contribution < 1.29 is 8.42 Å². The van der Waals surface area contributed by atoms with Gasteiger partial charge < -0.3 is 0 Å². The van der Waals surface area contributed by atoms with Crippen LogP contribution in [-0.4, -0.2) is 30.6 Å². The number of alkyl halides is 1. The van der Waals surface area contributed by atoms with E-state index in [-0.39, 0.29) is 6.04 Å². The number of hydrogen-bond acceptors (Lipinski definition) is 2. The molecule has 0 aliphatic heterocycles. The maximum Gasteiger partial charge on any atom is 0.244 e. The molecule has 1 saturated carbocycles. The molecule has 1 aromatic carbocycles. The second-order valence-electron chi connectivity index (χ2n) is 5.27. The molecule has 0 spiro atoms. The summed E-state index contributed by atoms with van der Waals surface area (Å²) < 4.78 is 29.2. The number of sulfonamides is 1. The van der Waals surface area contributed by atoms with E-state index < -0.39 is 10.0 Å². The van der Waals surface area contributed by atoms with Crippen LogP contribution >= 0.6 is 47.8 Å². The van der Waals surface area contributed by atoms with Gasteiger partial charge in [-0.2, -0.15) is 4.31 Å². The quantitative estimate of drug-likeness (QED) is 0.539. The van der Waals surface area contributed by atoms with Crippen LogP contribution < -0.4 is 0 Å². The Kier molecular flexibility index (Phi) is 6.34. The maximum atomic E-state index is 13.0. The second kappa shape index (κ2) is 7.43. The van der Waals surface area contributed by atoms with Gasteiger partial charge in [0.25, 0.3) is 0 Å². The van der Waals surface area contributed by atoms with E-state index >= 15 is 0 Å². The first-order valence-electron chi connectivity index (χ1n) is 6.91. The highest BCUT2D eigenvalue weighted by molar-refractivity contribution is 9.11. The lowest BCUT2D eigenvalue weighted by Crippen LogP contribution is -2.40. The average Bonchev–Trinajstić information content (AvgIpc) is 2.93. The molecule has 7 heteroatoms. The normalized spacial score (nSPS) is 16.8. The third-order valence-corrected chi connectivity index (χ3v) is 7.96. The molecule has 2 rings (SSSR count). The van der Waals surface area contributed by atoms with Gasteiger partial charge >= 0.3 is 0 Å². The number of halogens is 3. The number of rotatable bonds is 5. The summed E-state index contributed by atoms with van der Waals surface area (Å²) in [6, 6.07) is 3.67. The summed E-state index contributed by atoms with van der Waals surface area (Å²) in [6.07, 6.45) is 4.13. The van der Waals surface area contributed by atoms with Crippen molar-refractivity contribution in [2.45, 2.75) is 43.5 Å². The lowest BCUT2D eigenvalue weighted by atomic mass is 10.2. The molecule has 0 atom stereocenters. The topological polar surface area (TPSA) is 37.4 Å². The van der Waals surface area contributed by atoms with E-state index in [4.69, 9.17) is 0 Å². The molecule has 0 unspecified atom stereocenters. The van der Waals surface area contributed by atoms with E-state index in [1.54, 1.807) is 10.4 Å². The Morgan fingerprint density at radius 1 is 1.19 bits per heavy atom. The highest BCUT2D eigenvalue weighted by atomic mass is 79.9. The van der Waals surface area contributed by atoms with Crippen LogP contribution in [0.5, 0.6) is 0 Å². The molecule has 0 radical (unpaired) electrons. The molecule has 118 valence electrons. The number of nitrogens with zero attached hydrogens (tertiary/aromatic N) is 1. The highest BCUT2D eigenvalue weighted by Crippen LogP contribution is 2.34. The zero-order valence-electron chi connectivity index (χ0n) is 11.8. The monoisotopic (exact) mass is 501 g/mol. The number of aryl methyl sites for hydroxylation is 1. The van der Waals surface area contributed by atoms with Gasteiger partial charge in [0, 0.05) is 26.9 Å². The minimum Gasteiger partial charge on any atom is -0.207 e. The van der Waals surface area contributed by atoms with E-state index in [2.05, 4.69) is 47.8 Å². The van der Waals surface area contributed by atoms with Crippen molar-refractivity contribution in [3.8, 4) is 0 Å². The predicted molar refractivity (Wildman–Crippen MR) is 96.5 cm³/mol. The van der Waals surface area contributed by atoms with Crippen molar-refractivity contribution in [2.75, 3.05) is 11.9 Å². The Morgan fingerprint density at radius 2 is 1.81 bits per heavy atom. The fourth-order valence-electron chi connectivity index (χ4n) is 2.73. The summed E-state index contributed by atoms with van der Waals surface area (Å²) in [6.45, 7) is 2.45. The Morgan fingerprint density at radius 3 is 2.38 bits per heavy atom. The summed E-state index contributed by atoms with van der Waals surface area (Å²) in [5, 5.41) is 0.646. The summed E-state index contributed by atoms with van der Waals surface area (Å²) in [4.78, 5) is 0.341. The lowest BCUT2D eigenvalue weighted by Gasteiger charge is -2.28. The zero-order valence-corrected chi connectivity index (χ0v) is 17.4. The van der Waals surface area contributed by atoms with Gasteiger partial charge in [-0.05, 0) is 53.4 Å². The van der Waals surface area contributed by atoms with Crippen LogP contribution in [0.25, 0.3) is 0 Å². The standard InChI is InChI=1S/C14H18Br3NO2S/c1-10-8-13(17)14(9-12(10)16)21(19,20)18(7-6-15)11-4-2-3-5-11/h8-9,11H,2-7H2,1H3. The van der Waals surface area contributed by atoms with Gasteiger partial charge in [0.05, 0.1) is 4.90 Å². The fourth-order valence-corrected chi connectivity index (χ4v) is 6.67. The van der Waals surface area contributed by atoms with Crippen LogP contribution in [0.3, 0.4) is 0 Å². The van der Waals surface area contributed by atoms with E-state index in [1.165, 1.54) is 0 Å². The molecular weight excluding hydrogens is 486 g/mol. The second-order valence-corrected chi connectivity index (χ2v) is 9.64. The van der Waals surface area contributed by atoms with E-state index in [1.807, 2.05) is 13.0 Å². The molecule has 1 aromatic rings. The molecular formula is C14H18Br3NO2S. The third-order valence-electron chi connectivity index (χ3n) is 3.84. The average molecular weight is 504 g/mol. The van der Waals surface area contributed by atoms with Gasteiger partial charge in [-0.3, -0.25) is 0 Å². The van der Waals surface area contributed by atoms with Crippen molar-refractivity contribution in [3.05, 3.63) is 26.6 Å². The smallest absolute Gasteiger partial charge is 0.207 e. The van der Waals surface area contributed by atoms with Gasteiger partial charge in [0.2, 0.25) is 10.0 Å².